The molecule has 8 nitrogen and oxygen atoms in total. The molecule has 0 unspecified atom stereocenters. The standard InChI is InChI=1S/C25H26ClN5O3/c1-14-10-29(13-27-14)20-6-7-21-25(33)31(15(2)11-30(21)24(20)32)16(3)18-12-28(4)22-9-23(34-5)19(26)8-17(18)22/h6-10,12-13,15-16H,11H2,1-5H3/t15-,16+/m0/s1. The normalized spacial score (nSPS) is 16.7. The van der Waals surface area contributed by atoms with Gasteiger partial charge in [-0.1, -0.05) is 11.6 Å². The molecule has 34 heavy (non-hydrogen) atoms. The van der Waals surface area contributed by atoms with Crippen molar-refractivity contribution in [2.24, 2.45) is 7.05 Å². The van der Waals surface area contributed by atoms with Crippen LogP contribution in [0.5, 0.6) is 5.75 Å². The second kappa shape index (κ2) is 8.06. The van der Waals surface area contributed by atoms with Crippen molar-refractivity contribution in [3.8, 4) is 11.4 Å². The average molecular weight is 480 g/mol. The van der Waals surface area contributed by atoms with Crippen LogP contribution in [0.15, 0.2) is 47.8 Å². The van der Waals surface area contributed by atoms with E-state index < -0.39 is 0 Å². The Kier molecular flexibility index (Phi) is 5.28. The number of benzene rings is 1. The number of amides is 1. The first-order valence-corrected chi connectivity index (χ1v) is 11.5. The fraction of sp³-hybridized carbons (Fsp3) is 0.320. The fourth-order valence-electron chi connectivity index (χ4n) is 4.98. The molecule has 0 spiro atoms. The van der Waals surface area contributed by atoms with Crippen molar-refractivity contribution in [1.29, 1.82) is 0 Å². The number of rotatable bonds is 4. The van der Waals surface area contributed by atoms with E-state index in [1.165, 1.54) is 0 Å². The number of aromatic nitrogens is 4. The SMILES string of the molecule is COc1cc2c(cc1Cl)c([C@@H](C)N1C(=O)c3ccc(-n4cnc(C)c4)c(=O)n3C[C@@H]1C)cn2C. The molecule has 0 bridgehead atoms. The summed E-state index contributed by atoms with van der Waals surface area (Å²) in [4.78, 5) is 33.0. The quantitative estimate of drug-likeness (QED) is 0.441. The van der Waals surface area contributed by atoms with Crippen molar-refractivity contribution >= 4 is 28.4 Å². The van der Waals surface area contributed by atoms with Crippen molar-refractivity contribution < 1.29 is 9.53 Å². The van der Waals surface area contributed by atoms with E-state index in [4.69, 9.17) is 16.3 Å². The number of carbonyl (C=O) groups excluding carboxylic acids is 1. The van der Waals surface area contributed by atoms with Crippen LogP contribution in [0, 0.1) is 6.92 Å². The van der Waals surface area contributed by atoms with Crippen molar-refractivity contribution in [3.05, 3.63) is 75.3 Å². The molecule has 9 heteroatoms. The van der Waals surface area contributed by atoms with Crippen LogP contribution in [-0.2, 0) is 13.6 Å². The molecule has 0 aliphatic carbocycles. The lowest BCUT2D eigenvalue weighted by molar-refractivity contribution is 0.0512. The van der Waals surface area contributed by atoms with Crippen LogP contribution in [0.3, 0.4) is 0 Å². The second-order valence-electron chi connectivity index (χ2n) is 8.88. The van der Waals surface area contributed by atoms with Gasteiger partial charge in [-0.15, -0.1) is 0 Å². The number of pyridine rings is 1. The van der Waals surface area contributed by atoms with E-state index in [9.17, 15) is 9.59 Å². The van der Waals surface area contributed by atoms with E-state index in [1.54, 1.807) is 40.9 Å². The van der Waals surface area contributed by atoms with E-state index in [2.05, 4.69) is 4.98 Å². The van der Waals surface area contributed by atoms with Gasteiger partial charge in [0.05, 0.1) is 35.7 Å². The smallest absolute Gasteiger partial charge is 0.275 e. The summed E-state index contributed by atoms with van der Waals surface area (Å²) >= 11 is 6.42. The van der Waals surface area contributed by atoms with Gasteiger partial charge in [0.15, 0.2) is 0 Å². The Morgan fingerprint density at radius 3 is 2.65 bits per heavy atom. The van der Waals surface area contributed by atoms with E-state index in [-0.39, 0.29) is 23.6 Å². The van der Waals surface area contributed by atoms with E-state index in [0.29, 0.717) is 28.7 Å². The Labute approximate surface area is 201 Å². The summed E-state index contributed by atoms with van der Waals surface area (Å²) in [7, 11) is 3.55. The Hall–Kier alpha value is -3.52. The topological polar surface area (TPSA) is 74.3 Å². The van der Waals surface area contributed by atoms with Gasteiger partial charge in [0.1, 0.15) is 17.1 Å². The number of nitrogens with zero attached hydrogens (tertiary/aromatic N) is 5. The third-order valence-corrected chi connectivity index (χ3v) is 6.98. The lowest BCUT2D eigenvalue weighted by Crippen LogP contribution is -2.50. The van der Waals surface area contributed by atoms with Crippen LogP contribution in [0.2, 0.25) is 5.02 Å². The van der Waals surface area contributed by atoms with Gasteiger partial charge in [-0.2, -0.15) is 0 Å². The molecule has 1 aliphatic rings. The minimum Gasteiger partial charge on any atom is -0.495 e. The molecule has 4 aromatic rings. The Balaban J connectivity index is 1.56. The van der Waals surface area contributed by atoms with Gasteiger partial charge in [0.2, 0.25) is 0 Å². The zero-order valence-electron chi connectivity index (χ0n) is 19.7. The first-order valence-electron chi connectivity index (χ1n) is 11.1. The number of imidazole rings is 1. The van der Waals surface area contributed by atoms with Crippen molar-refractivity contribution in [2.75, 3.05) is 7.11 Å². The molecule has 5 rings (SSSR count). The molecule has 3 aromatic heterocycles. The third kappa shape index (κ3) is 3.32. The summed E-state index contributed by atoms with van der Waals surface area (Å²) in [5.74, 6) is 0.433. The van der Waals surface area contributed by atoms with Crippen LogP contribution < -0.4 is 10.3 Å². The maximum Gasteiger partial charge on any atom is 0.275 e. The molecule has 0 radical (unpaired) electrons. The molecule has 1 amide bonds. The summed E-state index contributed by atoms with van der Waals surface area (Å²) in [5.41, 5.74) is 3.44. The maximum atomic E-state index is 13.7. The van der Waals surface area contributed by atoms with Crippen LogP contribution in [-0.4, -0.2) is 42.6 Å². The predicted octanol–water partition coefficient (Wildman–Crippen LogP) is 4.10. The van der Waals surface area contributed by atoms with E-state index >= 15 is 0 Å². The van der Waals surface area contributed by atoms with Crippen LogP contribution in [0.1, 0.15) is 41.6 Å². The molecule has 2 atom stereocenters. The lowest BCUT2D eigenvalue weighted by atomic mass is 10.0. The van der Waals surface area contributed by atoms with E-state index in [0.717, 1.165) is 22.2 Å². The first kappa shape index (κ1) is 22.3. The summed E-state index contributed by atoms with van der Waals surface area (Å²) in [6.45, 7) is 6.26. The summed E-state index contributed by atoms with van der Waals surface area (Å²) in [6, 6.07) is 6.80. The Bertz CT molecular complexity index is 1500. The Morgan fingerprint density at radius 1 is 1.21 bits per heavy atom. The molecule has 0 saturated carbocycles. The molecule has 4 heterocycles. The molecular weight excluding hydrogens is 454 g/mol. The molecule has 1 aliphatic heterocycles. The van der Waals surface area contributed by atoms with Crippen molar-refractivity contribution in [2.45, 2.75) is 39.4 Å². The second-order valence-corrected chi connectivity index (χ2v) is 9.29. The molecule has 1 aromatic carbocycles. The minimum atomic E-state index is -0.226. The van der Waals surface area contributed by atoms with Gasteiger partial charge < -0.3 is 23.3 Å². The fourth-order valence-corrected chi connectivity index (χ4v) is 5.22. The highest BCUT2D eigenvalue weighted by Gasteiger charge is 2.35. The highest BCUT2D eigenvalue weighted by molar-refractivity contribution is 6.32. The monoisotopic (exact) mass is 479 g/mol. The Morgan fingerprint density at radius 2 is 1.97 bits per heavy atom. The van der Waals surface area contributed by atoms with Gasteiger partial charge >= 0.3 is 0 Å². The molecule has 0 N–H and O–H groups in total. The van der Waals surface area contributed by atoms with Crippen LogP contribution in [0.25, 0.3) is 16.6 Å². The number of methoxy groups -OCH3 is 1. The van der Waals surface area contributed by atoms with Crippen LogP contribution >= 0.6 is 11.6 Å². The zero-order chi connectivity index (χ0) is 24.3. The summed E-state index contributed by atoms with van der Waals surface area (Å²) < 4.78 is 10.7. The highest BCUT2D eigenvalue weighted by atomic mass is 35.5. The first-order chi connectivity index (χ1) is 16.2. The molecule has 176 valence electrons. The van der Waals surface area contributed by atoms with Gasteiger partial charge in [-0.05, 0) is 44.5 Å². The number of carbonyl (C=O) groups is 1. The minimum absolute atomic E-state index is 0.173. The summed E-state index contributed by atoms with van der Waals surface area (Å²) in [6.07, 6.45) is 5.44. The maximum absolute atomic E-state index is 13.7. The number of aryl methyl sites for hydroxylation is 2. The number of hydrogen-bond donors (Lipinski definition) is 0. The van der Waals surface area contributed by atoms with Crippen molar-refractivity contribution in [1.82, 2.24) is 23.6 Å². The van der Waals surface area contributed by atoms with Gasteiger partial charge in [0, 0.05) is 43.5 Å². The van der Waals surface area contributed by atoms with Gasteiger partial charge in [0.25, 0.3) is 11.5 Å². The average Bonchev–Trinajstić information content (AvgIpc) is 3.36. The van der Waals surface area contributed by atoms with Gasteiger partial charge in [-0.25, -0.2) is 4.98 Å². The third-order valence-electron chi connectivity index (χ3n) is 6.68. The number of hydrogen-bond acceptors (Lipinski definition) is 4. The number of fused-ring (bicyclic) bond motifs is 2. The number of ether oxygens (including phenoxy) is 1. The van der Waals surface area contributed by atoms with Gasteiger partial charge in [-0.3, -0.25) is 9.59 Å². The highest BCUT2D eigenvalue weighted by Crippen LogP contribution is 2.37. The van der Waals surface area contributed by atoms with E-state index in [1.807, 2.05) is 55.6 Å². The predicted molar refractivity (Wildman–Crippen MR) is 131 cm³/mol. The van der Waals surface area contributed by atoms with Crippen molar-refractivity contribution in [3.63, 3.8) is 0 Å². The summed E-state index contributed by atoms with van der Waals surface area (Å²) in [5, 5.41) is 1.49. The lowest BCUT2D eigenvalue weighted by Gasteiger charge is -2.39. The molecule has 0 fully saturated rings. The largest absolute Gasteiger partial charge is 0.495 e. The molecule has 0 saturated heterocycles. The van der Waals surface area contributed by atoms with Crippen LogP contribution in [0.4, 0.5) is 0 Å². The number of halogens is 1. The zero-order valence-corrected chi connectivity index (χ0v) is 20.5. The molecular formula is C25H26ClN5O3.